The second kappa shape index (κ2) is 7.47. The predicted molar refractivity (Wildman–Crippen MR) is 125 cm³/mol. The Balaban J connectivity index is 1.52. The SMILES string of the molecule is Cc1cc2c(cc1Nc1ncc3c(n1)n(C1CCCS(C)(C)CC1)c(=O)n3C)OCO2. The average Bonchev–Trinajstić information content (AvgIpc) is 3.21. The molecule has 1 aromatic carbocycles. The highest BCUT2D eigenvalue weighted by atomic mass is 32.3. The Labute approximate surface area is 182 Å². The van der Waals surface area contributed by atoms with E-state index in [0.717, 1.165) is 41.8 Å². The Morgan fingerprint density at radius 1 is 1.16 bits per heavy atom. The van der Waals surface area contributed by atoms with Crippen LogP contribution in [0.2, 0.25) is 0 Å². The summed E-state index contributed by atoms with van der Waals surface area (Å²) in [7, 11) is 1.23. The second-order valence-electron chi connectivity index (χ2n) is 9.02. The molecular formula is C22H29N5O3S. The van der Waals surface area contributed by atoms with Crippen molar-refractivity contribution < 1.29 is 9.47 Å². The van der Waals surface area contributed by atoms with E-state index in [0.29, 0.717) is 17.3 Å². The maximum atomic E-state index is 13.1. The summed E-state index contributed by atoms with van der Waals surface area (Å²) in [5, 5.41) is 3.30. The summed E-state index contributed by atoms with van der Waals surface area (Å²) in [6, 6.07) is 4.02. The Kier molecular flexibility index (Phi) is 4.88. The molecule has 0 bridgehead atoms. The van der Waals surface area contributed by atoms with E-state index < -0.39 is 10.0 Å². The number of aromatic nitrogens is 4. The molecule has 1 unspecified atom stereocenters. The lowest BCUT2D eigenvalue weighted by atomic mass is 10.1. The molecule has 1 saturated heterocycles. The van der Waals surface area contributed by atoms with Crippen molar-refractivity contribution in [1.82, 2.24) is 19.1 Å². The molecule has 0 saturated carbocycles. The number of hydrogen-bond donors (Lipinski definition) is 1. The first kappa shape index (κ1) is 20.2. The minimum atomic E-state index is -0.568. The summed E-state index contributed by atoms with van der Waals surface area (Å²) in [6.45, 7) is 2.23. The monoisotopic (exact) mass is 443 g/mol. The van der Waals surface area contributed by atoms with E-state index in [-0.39, 0.29) is 18.5 Å². The number of anilines is 2. The van der Waals surface area contributed by atoms with Gasteiger partial charge < -0.3 is 14.8 Å². The van der Waals surface area contributed by atoms with Crippen LogP contribution in [0, 0.1) is 6.92 Å². The lowest BCUT2D eigenvalue weighted by molar-refractivity contribution is 0.174. The number of benzene rings is 1. The van der Waals surface area contributed by atoms with E-state index in [4.69, 9.17) is 14.5 Å². The summed E-state index contributed by atoms with van der Waals surface area (Å²) in [5.74, 6) is 4.37. The van der Waals surface area contributed by atoms with Gasteiger partial charge in [-0.05, 0) is 61.8 Å². The van der Waals surface area contributed by atoms with Crippen molar-refractivity contribution in [3.63, 3.8) is 0 Å². The Hall–Kier alpha value is -2.68. The molecule has 2 aliphatic rings. The van der Waals surface area contributed by atoms with Gasteiger partial charge >= 0.3 is 5.69 Å². The number of nitrogens with one attached hydrogen (secondary N) is 1. The average molecular weight is 444 g/mol. The van der Waals surface area contributed by atoms with Crippen LogP contribution in [-0.4, -0.2) is 49.9 Å². The molecule has 0 spiro atoms. The first-order chi connectivity index (χ1) is 14.8. The minimum Gasteiger partial charge on any atom is -0.454 e. The first-order valence-electron chi connectivity index (χ1n) is 10.6. The van der Waals surface area contributed by atoms with Crippen molar-refractivity contribution >= 4 is 32.8 Å². The standard InChI is InChI=1S/C22H29N5O3S/c1-14-10-18-19(30-13-29-18)11-16(14)24-21-23-12-17-20(25-21)27(22(28)26(17)2)15-6-5-8-31(3,4)9-7-15/h10-12,15H,5-9,13H2,1-4H3,(H,23,24,25). The Morgan fingerprint density at radius 3 is 2.74 bits per heavy atom. The topological polar surface area (TPSA) is 83.2 Å². The van der Waals surface area contributed by atoms with Gasteiger partial charge in [-0.2, -0.15) is 4.98 Å². The third kappa shape index (κ3) is 3.64. The van der Waals surface area contributed by atoms with Crippen molar-refractivity contribution in [2.24, 2.45) is 7.05 Å². The molecule has 9 heteroatoms. The second-order valence-corrected chi connectivity index (χ2v) is 13.4. The van der Waals surface area contributed by atoms with E-state index in [9.17, 15) is 4.79 Å². The minimum absolute atomic E-state index is 0.0135. The van der Waals surface area contributed by atoms with Gasteiger partial charge in [-0.25, -0.2) is 19.8 Å². The fourth-order valence-electron chi connectivity index (χ4n) is 4.49. The number of fused-ring (bicyclic) bond motifs is 2. The molecule has 31 heavy (non-hydrogen) atoms. The molecule has 0 radical (unpaired) electrons. The maximum absolute atomic E-state index is 13.1. The van der Waals surface area contributed by atoms with Crippen molar-refractivity contribution in [2.75, 3.05) is 36.1 Å². The zero-order valence-electron chi connectivity index (χ0n) is 18.5. The number of rotatable bonds is 3. The van der Waals surface area contributed by atoms with Crippen LogP contribution >= 0.6 is 10.0 Å². The summed E-state index contributed by atoms with van der Waals surface area (Å²) in [5.41, 5.74) is 3.30. The first-order valence-corrected chi connectivity index (χ1v) is 13.4. The van der Waals surface area contributed by atoms with Gasteiger partial charge in [0.25, 0.3) is 0 Å². The van der Waals surface area contributed by atoms with E-state index in [2.05, 4.69) is 22.8 Å². The van der Waals surface area contributed by atoms with Crippen LogP contribution in [0.5, 0.6) is 11.5 Å². The van der Waals surface area contributed by atoms with E-state index in [1.54, 1.807) is 17.8 Å². The Morgan fingerprint density at radius 2 is 1.94 bits per heavy atom. The van der Waals surface area contributed by atoms with Gasteiger partial charge in [-0.15, -0.1) is 0 Å². The zero-order valence-corrected chi connectivity index (χ0v) is 19.3. The fourth-order valence-corrected chi connectivity index (χ4v) is 6.56. The number of nitrogens with zero attached hydrogens (tertiary/aromatic N) is 4. The predicted octanol–water partition coefficient (Wildman–Crippen LogP) is 3.70. The van der Waals surface area contributed by atoms with Crippen LogP contribution in [0.3, 0.4) is 0 Å². The van der Waals surface area contributed by atoms with Gasteiger partial charge in [0, 0.05) is 24.8 Å². The molecule has 4 heterocycles. The van der Waals surface area contributed by atoms with Crippen molar-refractivity contribution in [3.05, 3.63) is 34.4 Å². The highest BCUT2D eigenvalue weighted by Gasteiger charge is 2.26. The van der Waals surface area contributed by atoms with Crippen molar-refractivity contribution in [3.8, 4) is 11.5 Å². The number of ether oxygens (including phenoxy) is 2. The summed E-state index contributed by atoms with van der Waals surface area (Å²) < 4.78 is 14.5. The van der Waals surface area contributed by atoms with Gasteiger partial charge in [0.2, 0.25) is 12.7 Å². The summed E-state index contributed by atoms with van der Waals surface area (Å²) in [6.07, 6.45) is 9.73. The highest BCUT2D eigenvalue weighted by Crippen LogP contribution is 2.46. The quantitative estimate of drug-likeness (QED) is 0.665. The molecule has 8 nitrogen and oxygen atoms in total. The zero-order chi connectivity index (χ0) is 21.8. The van der Waals surface area contributed by atoms with Crippen LogP contribution in [0.25, 0.3) is 11.2 Å². The van der Waals surface area contributed by atoms with E-state index in [1.807, 2.05) is 23.6 Å². The number of imidazole rings is 1. The molecule has 2 aliphatic heterocycles. The molecule has 3 aromatic rings. The highest BCUT2D eigenvalue weighted by molar-refractivity contribution is 8.32. The lowest BCUT2D eigenvalue weighted by Gasteiger charge is -2.29. The number of aryl methyl sites for hydroxylation is 2. The molecular weight excluding hydrogens is 414 g/mol. The van der Waals surface area contributed by atoms with Gasteiger partial charge in [0.15, 0.2) is 17.1 Å². The molecule has 1 atom stereocenters. The molecule has 1 N–H and O–H groups in total. The van der Waals surface area contributed by atoms with E-state index >= 15 is 0 Å². The summed E-state index contributed by atoms with van der Waals surface area (Å²) >= 11 is 0. The summed E-state index contributed by atoms with van der Waals surface area (Å²) in [4.78, 5) is 22.4. The van der Waals surface area contributed by atoms with Crippen molar-refractivity contribution in [2.45, 2.75) is 32.2 Å². The molecule has 2 aromatic heterocycles. The van der Waals surface area contributed by atoms with Gasteiger partial charge in [0.1, 0.15) is 5.52 Å². The third-order valence-electron chi connectivity index (χ3n) is 6.40. The third-order valence-corrected chi connectivity index (χ3v) is 9.14. The van der Waals surface area contributed by atoms with Crippen LogP contribution in [0.15, 0.2) is 23.1 Å². The molecule has 0 amide bonds. The van der Waals surface area contributed by atoms with Crippen LogP contribution < -0.4 is 20.5 Å². The van der Waals surface area contributed by atoms with Crippen LogP contribution in [0.1, 0.15) is 30.9 Å². The van der Waals surface area contributed by atoms with Crippen LogP contribution in [-0.2, 0) is 7.05 Å². The lowest BCUT2D eigenvalue weighted by Crippen LogP contribution is -2.26. The number of hydrogen-bond acceptors (Lipinski definition) is 6. The smallest absolute Gasteiger partial charge is 0.330 e. The maximum Gasteiger partial charge on any atom is 0.330 e. The Bertz CT molecular complexity index is 1220. The normalized spacial score (nSPS) is 21.1. The largest absolute Gasteiger partial charge is 0.454 e. The van der Waals surface area contributed by atoms with Crippen LogP contribution in [0.4, 0.5) is 11.6 Å². The van der Waals surface area contributed by atoms with Gasteiger partial charge in [-0.1, -0.05) is 0 Å². The van der Waals surface area contributed by atoms with E-state index in [1.165, 1.54) is 11.5 Å². The molecule has 0 aliphatic carbocycles. The van der Waals surface area contributed by atoms with Crippen molar-refractivity contribution in [1.29, 1.82) is 0 Å². The van der Waals surface area contributed by atoms with Gasteiger partial charge in [-0.3, -0.25) is 9.13 Å². The fraction of sp³-hybridized carbons (Fsp3) is 0.500. The molecule has 166 valence electrons. The molecule has 5 rings (SSSR count). The molecule has 1 fully saturated rings. The van der Waals surface area contributed by atoms with Gasteiger partial charge in [0.05, 0.1) is 6.20 Å².